The van der Waals surface area contributed by atoms with Crippen molar-refractivity contribution in [3.8, 4) is 0 Å². The van der Waals surface area contributed by atoms with Crippen LogP contribution in [0.3, 0.4) is 0 Å². The summed E-state index contributed by atoms with van der Waals surface area (Å²) in [6, 6.07) is 13.1. The molecule has 0 radical (unpaired) electrons. The summed E-state index contributed by atoms with van der Waals surface area (Å²) in [7, 11) is 0. The van der Waals surface area contributed by atoms with Gasteiger partial charge in [-0.25, -0.2) is 4.98 Å². The fourth-order valence-corrected chi connectivity index (χ4v) is 3.44. The second-order valence-corrected chi connectivity index (χ2v) is 6.31. The molecule has 1 N–H and O–H groups in total. The molecule has 1 aliphatic heterocycles. The van der Waals surface area contributed by atoms with E-state index in [1.54, 1.807) is 10.8 Å². The van der Waals surface area contributed by atoms with Crippen LogP contribution in [-0.4, -0.2) is 44.1 Å². The predicted molar refractivity (Wildman–Crippen MR) is 94.0 cm³/mol. The highest BCUT2D eigenvalue weighted by Gasteiger charge is 2.23. The van der Waals surface area contributed by atoms with Gasteiger partial charge in [0, 0.05) is 18.3 Å². The van der Waals surface area contributed by atoms with Crippen LogP contribution >= 0.6 is 0 Å². The SMILES string of the molecule is Cc1cc(NCC(c2ccccc2)N2CCCC2)n2ncnc2n1. The van der Waals surface area contributed by atoms with Crippen LogP contribution in [0.5, 0.6) is 0 Å². The van der Waals surface area contributed by atoms with E-state index in [0.29, 0.717) is 11.8 Å². The molecule has 124 valence electrons. The molecule has 0 aliphatic carbocycles. The maximum Gasteiger partial charge on any atom is 0.254 e. The Morgan fingerprint density at radius 1 is 1.17 bits per heavy atom. The average Bonchev–Trinajstić information content (AvgIpc) is 3.27. The predicted octanol–water partition coefficient (Wildman–Crippen LogP) is 2.68. The third-order valence-electron chi connectivity index (χ3n) is 4.62. The highest BCUT2D eigenvalue weighted by Crippen LogP contribution is 2.25. The summed E-state index contributed by atoms with van der Waals surface area (Å²) in [6.07, 6.45) is 4.11. The van der Waals surface area contributed by atoms with E-state index in [0.717, 1.165) is 31.1 Å². The topological polar surface area (TPSA) is 58.4 Å². The molecule has 1 aromatic carbocycles. The van der Waals surface area contributed by atoms with Gasteiger partial charge in [0.25, 0.3) is 5.78 Å². The lowest BCUT2D eigenvalue weighted by molar-refractivity contribution is 0.256. The standard InChI is InChI=1S/C18H22N6/c1-14-11-17(24-18(22-14)20-13-21-24)19-12-16(23-9-5-6-10-23)15-7-3-2-4-8-15/h2-4,7-8,11,13,16,19H,5-6,9-10,12H2,1H3. The van der Waals surface area contributed by atoms with Crippen molar-refractivity contribution in [3.05, 3.63) is 54.0 Å². The number of fused-ring (bicyclic) bond motifs is 1. The van der Waals surface area contributed by atoms with Gasteiger partial charge in [0.05, 0.1) is 6.04 Å². The van der Waals surface area contributed by atoms with Crippen LogP contribution in [0.2, 0.25) is 0 Å². The molecular formula is C18H22N6. The number of nitrogens with zero attached hydrogens (tertiary/aromatic N) is 5. The number of rotatable bonds is 5. The molecule has 1 unspecified atom stereocenters. The van der Waals surface area contributed by atoms with Gasteiger partial charge in [-0.2, -0.15) is 14.6 Å². The zero-order chi connectivity index (χ0) is 16.4. The number of nitrogens with one attached hydrogen (secondary N) is 1. The third kappa shape index (κ3) is 2.97. The summed E-state index contributed by atoms with van der Waals surface area (Å²) in [5, 5.41) is 7.84. The normalized spacial score (nSPS) is 16.5. The fraction of sp³-hybridized carbons (Fsp3) is 0.389. The minimum Gasteiger partial charge on any atom is -0.368 e. The summed E-state index contributed by atoms with van der Waals surface area (Å²) in [4.78, 5) is 11.2. The van der Waals surface area contributed by atoms with Gasteiger partial charge in [0.1, 0.15) is 12.1 Å². The Labute approximate surface area is 141 Å². The van der Waals surface area contributed by atoms with Crippen LogP contribution < -0.4 is 5.32 Å². The lowest BCUT2D eigenvalue weighted by Gasteiger charge is -2.28. The van der Waals surface area contributed by atoms with Crippen molar-refractivity contribution in [2.24, 2.45) is 0 Å². The van der Waals surface area contributed by atoms with E-state index < -0.39 is 0 Å². The minimum absolute atomic E-state index is 0.362. The molecule has 1 fully saturated rings. The largest absolute Gasteiger partial charge is 0.368 e. The summed E-state index contributed by atoms with van der Waals surface area (Å²) < 4.78 is 1.76. The first-order valence-corrected chi connectivity index (χ1v) is 8.51. The van der Waals surface area contributed by atoms with Crippen molar-refractivity contribution in [1.82, 2.24) is 24.5 Å². The molecule has 6 nitrogen and oxygen atoms in total. The molecule has 0 saturated carbocycles. The molecule has 0 bridgehead atoms. The quantitative estimate of drug-likeness (QED) is 0.782. The molecule has 0 amide bonds. The van der Waals surface area contributed by atoms with Gasteiger partial charge in [-0.3, -0.25) is 4.90 Å². The van der Waals surface area contributed by atoms with Gasteiger partial charge >= 0.3 is 0 Å². The highest BCUT2D eigenvalue weighted by atomic mass is 15.4. The number of benzene rings is 1. The van der Waals surface area contributed by atoms with Crippen LogP contribution in [0.1, 0.15) is 30.1 Å². The van der Waals surface area contributed by atoms with Crippen LogP contribution in [-0.2, 0) is 0 Å². The molecule has 0 spiro atoms. The van der Waals surface area contributed by atoms with Gasteiger partial charge in [0.15, 0.2) is 0 Å². The van der Waals surface area contributed by atoms with Gasteiger partial charge in [-0.1, -0.05) is 30.3 Å². The summed E-state index contributed by atoms with van der Waals surface area (Å²) in [5.74, 6) is 1.57. The smallest absolute Gasteiger partial charge is 0.254 e. The molecule has 1 aliphatic rings. The number of hydrogen-bond acceptors (Lipinski definition) is 5. The van der Waals surface area contributed by atoms with E-state index in [2.05, 4.69) is 55.6 Å². The van der Waals surface area contributed by atoms with E-state index >= 15 is 0 Å². The van der Waals surface area contributed by atoms with Crippen molar-refractivity contribution < 1.29 is 0 Å². The first-order valence-electron chi connectivity index (χ1n) is 8.51. The number of likely N-dealkylation sites (tertiary alicyclic amines) is 1. The van der Waals surface area contributed by atoms with Gasteiger partial charge < -0.3 is 5.32 Å². The van der Waals surface area contributed by atoms with Crippen LogP contribution in [0.25, 0.3) is 5.78 Å². The van der Waals surface area contributed by atoms with Crippen molar-refractivity contribution in [3.63, 3.8) is 0 Å². The molecule has 2 aromatic heterocycles. The van der Waals surface area contributed by atoms with E-state index in [4.69, 9.17) is 0 Å². The van der Waals surface area contributed by atoms with Gasteiger partial charge in [-0.05, 0) is 38.4 Å². The summed E-state index contributed by atoms with van der Waals surface area (Å²) in [5.41, 5.74) is 2.29. The first-order chi connectivity index (χ1) is 11.8. The van der Waals surface area contributed by atoms with E-state index in [1.165, 1.54) is 18.4 Å². The van der Waals surface area contributed by atoms with E-state index in [-0.39, 0.29) is 0 Å². The van der Waals surface area contributed by atoms with Crippen LogP contribution in [0.4, 0.5) is 5.82 Å². The number of anilines is 1. The number of aromatic nitrogens is 4. The highest BCUT2D eigenvalue weighted by molar-refractivity contribution is 5.45. The van der Waals surface area contributed by atoms with Crippen molar-refractivity contribution >= 4 is 11.6 Å². The Bertz CT molecular complexity index is 807. The van der Waals surface area contributed by atoms with Gasteiger partial charge in [-0.15, -0.1) is 0 Å². The second-order valence-electron chi connectivity index (χ2n) is 6.31. The molecule has 4 rings (SSSR count). The van der Waals surface area contributed by atoms with Crippen molar-refractivity contribution in [2.75, 3.05) is 25.0 Å². The number of aryl methyl sites for hydroxylation is 1. The maximum atomic E-state index is 4.40. The Hall–Kier alpha value is -2.47. The monoisotopic (exact) mass is 322 g/mol. The Morgan fingerprint density at radius 2 is 1.96 bits per heavy atom. The Kier molecular flexibility index (Phi) is 4.13. The van der Waals surface area contributed by atoms with Gasteiger partial charge in [0.2, 0.25) is 0 Å². The molecule has 24 heavy (non-hydrogen) atoms. The average molecular weight is 322 g/mol. The lowest BCUT2D eigenvalue weighted by atomic mass is 10.1. The minimum atomic E-state index is 0.362. The van der Waals surface area contributed by atoms with Crippen molar-refractivity contribution in [2.45, 2.75) is 25.8 Å². The number of hydrogen-bond donors (Lipinski definition) is 1. The first kappa shape index (κ1) is 15.1. The van der Waals surface area contributed by atoms with E-state index in [1.807, 2.05) is 13.0 Å². The molecule has 3 aromatic rings. The van der Waals surface area contributed by atoms with Crippen LogP contribution in [0, 0.1) is 6.92 Å². The molecule has 6 heteroatoms. The molecule has 3 heterocycles. The molecule has 1 atom stereocenters. The van der Waals surface area contributed by atoms with Crippen molar-refractivity contribution in [1.29, 1.82) is 0 Å². The molecular weight excluding hydrogens is 300 g/mol. The molecule has 1 saturated heterocycles. The second kappa shape index (κ2) is 6.57. The lowest BCUT2D eigenvalue weighted by Crippen LogP contribution is -2.31. The van der Waals surface area contributed by atoms with E-state index in [9.17, 15) is 0 Å². The Morgan fingerprint density at radius 3 is 2.75 bits per heavy atom. The fourth-order valence-electron chi connectivity index (χ4n) is 3.44. The summed E-state index contributed by atoms with van der Waals surface area (Å²) in [6.45, 7) is 5.14. The van der Waals surface area contributed by atoms with Crippen LogP contribution in [0.15, 0.2) is 42.7 Å². The maximum absolute atomic E-state index is 4.40. The zero-order valence-electron chi connectivity index (χ0n) is 13.9. The zero-order valence-corrected chi connectivity index (χ0v) is 13.9. The Balaban J connectivity index is 1.59. The summed E-state index contributed by atoms with van der Waals surface area (Å²) >= 11 is 0. The third-order valence-corrected chi connectivity index (χ3v) is 4.62.